The topological polar surface area (TPSA) is 75.3 Å². The molecule has 0 aliphatic heterocycles. The maximum absolute atomic E-state index is 6.17. The highest BCUT2D eigenvalue weighted by atomic mass is 127. The van der Waals surface area contributed by atoms with Crippen LogP contribution in [0.5, 0.6) is 0 Å². The first-order chi connectivity index (χ1) is 12.1. The Balaban J connectivity index is 0.00000338. The van der Waals surface area contributed by atoms with Crippen LogP contribution >= 0.6 is 35.6 Å². The molecule has 1 aromatic carbocycles. The van der Waals surface area contributed by atoms with Crippen molar-refractivity contribution in [3.63, 3.8) is 0 Å². The van der Waals surface area contributed by atoms with Crippen molar-refractivity contribution in [1.29, 1.82) is 0 Å². The molecule has 26 heavy (non-hydrogen) atoms. The molecule has 144 valence electrons. The Hall–Kier alpha value is -1.35. The maximum Gasteiger partial charge on any atom is 0.226 e. The second-order valence-electron chi connectivity index (χ2n) is 6.02. The molecule has 1 heterocycles. The van der Waals surface area contributed by atoms with Crippen LogP contribution in [0.15, 0.2) is 33.8 Å². The normalized spacial score (nSPS) is 11.3. The molecule has 0 fully saturated rings. The van der Waals surface area contributed by atoms with Gasteiger partial charge < -0.3 is 15.2 Å². The molecule has 2 rings (SSSR count). The summed E-state index contributed by atoms with van der Waals surface area (Å²) in [6.07, 6.45) is 1.63. The lowest BCUT2D eigenvalue weighted by Crippen LogP contribution is -2.37. The van der Waals surface area contributed by atoms with Gasteiger partial charge >= 0.3 is 0 Å². The largest absolute Gasteiger partial charge is 0.357 e. The molecule has 0 aliphatic rings. The number of halogens is 2. The number of benzene rings is 1. The van der Waals surface area contributed by atoms with Gasteiger partial charge in [0.25, 0.3) is 0 Å². The summed E-state index contributed by atoms with van der Waals surface area (Å²) >= 11 is 6.17. The quantitative estimate of drug-likeness (QED) is 0.251. The second kappa shape index (κ2) is 12.1. The summed E-state index contributed by atoms with van der Waals surface area (Å²) in [5, 5.41) is 11.3. The van der Waals surface area contributed by atoms with Crippen LogP contribution < -0.4 is 10.6 Å². The van der Waals surface area contributed by atoms with Crippen molar-refractivity contribution in [2.45, 2.75) is 46.1 Å². The molecule has 0 aliphatic carbocycles. The van der Waals surface area contributed by atoms with Crippen LogP contribution in [0.4, 0.5) is 0 Å². The fourth-order valence-electron chi connectivity index (χ4n) is 2.18. The predicted octanol–water partition coefficient (Wildman–Crippen LogP) is 4.15. The van der Waals surface area contributed by atoms with Gasteiger partial charge in [0.15, 0.2) is 11.8 Å². The van der Waals surface area contributed by atoms with E-state index >= 15 is 0 Å². The third-order valence-electron chi connectivity index (χ3n) is 3.57. The molecule has 0 saturated heterocycles. The van der Waals surface area contributed by atoms with Gasteiger partial charge in [0, 0.05) is 30.5 Å². The van der Waals surface area contributed by atoms with E-state index in [1.165, 1.54) is 0 Å². The van der Waals surface area contributed by atoms with E-state index in [1.54, 1.807) is 0 Å². The minimum absolute atomic E-state index is 0. The number of rotatable bonds is 8. The average Bonchev–Trinajstić information content (AvgIpc) is 3.07. The Labute approximate surface area is 177 Å². The molecule has 0 bridgehead atoms. The minimum atomic E-state index is 0. The van der Waals surface area contributed by atoms with Gasteiger partial charge in [-0.1, -0.05) is 48.8 Å². The summed E-state index contributed by atoms with van der Waals surface area (Å²) in [5.74, 6) is 2.50. The summed E-state index contributed by atoms with van der Waals surface area (Å²) in [7, 11) is 0. The van der Waals surface area contributed by atoms with Crippen molar-refractivity contribution in [3.05, 3.63) is 46.6 Å². The Morgan fingerprint density at radius 3 is 2.69 bits per heavy atom. The van der Waals surface area contributed by atoms with Crippen molar-refractivity contribution in [3.8, 4) is 0 Å². The van der Waals surface area contributed by atoms with Crippen LogP contribution in [0.3, 0.4) is 0 Å². The number of nitrogens with zero attached hydrogens (tertiary/aromatic N) is 3. The molecular formula is C18H27ClIN5O. The van der Waals surface area contributed by atoms with Gasteiger partial charge in [0.1, 0.15) is 0 Å². The van der Waals surface area contributed by atoms with Crippen molar-refractivity contribution >= 4 is 41.5 Å². The van der Waals surface area contributed by atoms with E-state index < -0.39 is 0 Å². The molecule has 2 aromatic rings. The van der Waals surface area contributed by atoms with Gasteiger partial charge in [-0.3, -0.25) is 0 Å². The number of nitrogens with one attached hydrogen (secondary N) is 2. The fourth-order valence-corrected chi connectivity index (χ4v) is 2.38. The zero-order chi connectivity index (χ0) is 18.1. The molecule has 6 nitrogen and oxygen atoms in total. The Morgan fingerprint density at radius 1 is 1.27 bits per heavy atom. The fraction of sp³-hybridized carbons (Fsp3) is 0.500. The lowest BCUT2D eigenvalue weighted by molar-refractivity contribution is 0.368. The van der Waals surface area contributed by atoms with Gasteiger partial charge in [-0.15, -0.1) is 24.0 Å². The molecular weight excluding hydrogens is 465 g/mol. The zero-order valence-corrected chi connectivity index (χ0v) is 18.5. The number of guanidine groups is 1. The summed E-state index contributed by atoms with van der Waals surface area (Å²) in [6.45, 7) is 8.25. The second-order valence-corrected chi connectivity index (χ2v) is 6.43. The van der Waals surface area contributed by atoms with E-state index in [0.29, 0.717) is 12.4 Å². The Kier molecular flexibility index (Phi) is 10.6. The number of hydrogen-bond donors (Lipinski definition) is 2. The van der Waals surface area contributed by atoms with E-state index in [9.17, 15) is 0 Å². The van der Waals surface area contributed by atoms with E-state index in [4.69, 9.17) is 16.1 Å². The lowest BCUT2D eigenvalue weighted by atomic mass is 10.2. The summed E-state index contributed by atoms with van der Waals surface area (Å²) < 4.78 is 5.25. The first-order valence-electron chi connectivity index (χ1n) is 8.68. The van der Waals surface area contributed by atoms with Crippen molar-refractivity contribution in [1.82, 2.24) is 20.8 Å². The molecule has 0 amide bonds. The molecule has 2 N–H and O–H groups in total. The number of aryl methyl sites for hydroxylation is 1. The third kappa shape index (κ3) is 7.49. The monoisotopic (exact) mass is 491 g/mol. The summed E-state index contributed by atoms with van der Waals surface area (Å²) in [6, 6.07) is 7.74. The van der Waals surface area contributed by atoms with Crippen LogP contribution in [-0.4, -0.2) is 29.2 Å². The van der Waals surface area contributed by atoms with E-state index in [1.807, 2.05) is 45.0 Å². The van der Waals surface area contributed by atoms with Crippen molar-refractivity contribution < 1.29 is 4.52 Å². The summed E-state index contributed by atoms with van der Waals surface area (Å²) in [5.41, 5.74) is 1.01. The lowest BCUT2D eigenvalue weighted by Gasteiger charge is -2.11. The average molecular weight is 492 g/mol. The highest BCUT2D eigenvalue weighted by Gasteiger charge is 2.09. The van der Waals surface area contributed by atoms with E-state index in [-0.39, 0.29) is 29.9 Å². The highest BCUT2D eigenvalue weighted by molar-refractivity contribution is 14.0. The third-order valence-corrected chi connectivity index (χ3v) is 3.94. The number of aromatic nitrogens is 2. The Bertz CT molecular complexity index is 690. The first kappa shape index (κ1) is 22.7. The van der Waals surface area contributed by atoms with E-state index in [0.717, 1.165) is 48.3 Å². The van der Waals surface area contributed by atoms with Crippen LogP contribution in [0.1, 0.15) is 50.4 Å². The molecule has 0 atom stereocenters. The van der Waals surface area contributed by atoms with Gasteiger partial charge in [-0.05, 0) is 25.0 Å². The predicted molar refractivity (Wildman–Crippen MR) is 116 cm³/mol. The standard InChI is InChI=1S/C18H26ClN5O.HI/c1-4-20-18(22-12-14-8-5-6-9-15(14)19)21-11-7-10-16-23-17(13(2)3)24-25-16;/h5-6,8-9,13H,4,7,10-12H2,1-3H3,(H2,20,21,22);1H. The highest BCUT2D eigenvalue weighted by Crippen LogP contribution is 2.15. The molecule has 0 spiro atoms. The van der Waals surface area contributed by atoms with Crippen LogP contribution in [0.25, 0.3) is 0 Å². The molecule has 1 aromatic heterocycles. The van der Waals surface area contributed by atoms with Gasteiger partial charge in [-0.2, -0.15) is 4.98 Å². The molecule has 8 heteroatoms. The maximum atomic E-state index is 6.17. The smallest absolute Gasteiger partial charge is 0.226 e. The van der Waals surface area contributed by atoms with Crippen molar-refractivity contribution in [2.24, 2.45) is 4.99 Å². The number of aliphatic imine (C=N–C) groups is 1. The van der Waals surface area contributed by atoms with Gasteiger partial charge in [0.05, 0.1) is 6.54 Å². The van der Waals surface area contributed by atoms with Crippen LogP contribution in [-0.2, 0) is 13.0 Å². The van der Waals surface area contributed by atoms with Gasteiger partial charge in [-0.25, -0.2) is 4.99 Å². The molecule has 0 unspecified atom stereocenters. The van der Waals surface area contributed by atoms with Crippen LogP contribution in [0, 0.1) is 0 Å². The SMILES string of the molecule is CCNC(=NCc1ccccc1Cl)NCCCc1nc(C(C)C)no1.I. The van der Waals surface area contributed by atoms with Crippen LogP contribution in [0.2, 0.25) is 5.02 Å². The zero-order valence-electron chi connectivity index (χ0n) is 15.5. The minimum Gasteiger partial charge on any atom is -0.357 e. The Morgan fingerprint density at radius 2 is 2.04 bits per heavy atom. The number of hydrogen-bond acceptors (Lipinski definition) is 4. The van der Waals surface area contributed by atoms with E-state index in [2.05, 4.69) is 25.8 Å². The molecule has 0 radical (unpaired) electrons. The van der Waals surface area contributed by atoms with Gasteiger partial charge in [0.2, 0.25) is 5.89 Å². The molecule has 0 saturated carbocycles. The summed E-state index contributed by atoms with van der Waals surface area (Å²) in [4.78, 5) is 8.96. The van der Waals surface area contributed by atoms with Crippen molar-refractivity contribution in [2.75, 3.05) is 13.1 Å². The first-order valence-corrected chi connectivity index (χ1v) is 9.06.